The number of anilines is 2. The number of aryl methyl sites for hydroxylation is 3. The lowest BCUT2D eigenvalue weighted by Gasteiger charge is -2.10. The smallest absolute Gasteiger partial charge is 0.234 e. The van der Waals surface area contributed by atoms with E-state index in [1.807, 2.05) is 45.0 Å². The summed E-state index contributed by atoms with van der Waals surface area (Å²) in [6.07, 6.45) is 2.07. The van der Waals surface area contributed by atoms with Gasteiger partial charge in [0.05, 0.1) is 16.8 Å². The standard InChI is InChI=1S/C22H24N4O3S2/c1-4-16-6-5-7-17(11-16)25-20(27)13-30-22-24-12-19(21(23)26-22)31(28,29)18-9-8-14(2)15(3)10-18/h5-12H,4,13H2,1-3H3,(H,25,27)(H2,23,24,26). The Labute approximate surface area is 186 Å². The van der Waals surface area contributed by atoms with Gasteiger partial charge < -0.3 is 11.1 Å². The molecule has 1 amide bonds. The van der Waals surface area contributed by atoms with Crippen LogP contribution in [0.2, 0.25) is 0 Å². The molecule has 0 aliphatic carbocycles. The Kier molecular flexibility index (Phi) is 6.97. The molecule has 31 heavy (non-hydrogen) atoms. The van der Waals surface area contributed by atoms with E-state index in [0.29, 0.717) is 0 Å². The molecule has 2 aromatic carbocycles. The number of carbonyl (C=O) groups is 1. The van der Waals surface area contributed by atoms with Gasteiger partial charge in [-0.05, 0) is 61.2 Å². The Morgan fingerprint density at radius 1 is 1.13 bits per heavy atom. The molecular weight excluding hydrogens is 432 g/mol. The number of hydrogen-bond acceptors (Lipinski definition) is 7. The van der Waals surface area contributed by atoms with Gasteiger partial charge in [0.2, 0.25) is 15.7 Å². The molecule has 7 nitrogen and oxygen atoms in total. The van der Waals surface area contributed by atoms with Crippen molar-refractivity contribution in [1.29, 1.82) is 0 Å². The molecule has 0 atom stereocenters. The third kappa shape index (κ3) is 5.42. The number of nitrogens with one attached hydrogen (secondary N) is 1. The zero-order valence-corrected chi connectivity index (χ0v) is 19.2. The van der Waals surface area contributed by atoms with Crippen LogP contribution in [0, 0.1) is 13.8 Å². The molecule has 0 bridgehead atoms. The van der Waals surface area contributed by atoms with Crippen LogP contribution >= 0.6 is 11.8 Å². The van der Waals surface area contributed by atoms with E-state index in [2.05, 4.69) is 15.3 Å². The first kappa shape index (κ1) is 22.8. The van der Waals surface area contributed by atoms with E-state index in [1.54, 1.807) is 12.1 Å². The molecule has 0 spiro atoms. The van der Waals surface area contributed by atoms with Crippen LogP contribution in [-0.4, -0.2) is 30.0 Å². The third-order valence-electron chi connectivity index (χ3n) is 4.79. The van der Waals surface area contributed by atoms with Crippen LogP contribution in [0.5, 0.6) is 0 Å². The molecule has 3 aromatic rings. The quantitative estimate of drug-likeness (QED) is 0.410. The summed E-state index contributed by atoms with van der Waals surface area (Å²) >= 11 is 1.08. The lowest BCUT2D eigenvalue weighted by molar-refractivity contribution is -0.113. The molecule has 1 aromatic heterocycles. The van der Waals surface area contributed by atoms with Gasteiger partial charge in [0, 0.05) is 5.69 Å². The number of carbonyl (C=O) groups excluding carboxylic acids is 1. The van der Waals surface area contributed by atoms with Crippen molar-refractivity contribution in [1.82, 2.24) is 9.97 Å². The highest BCUT2D eigenvalue weighted by atomic mass is 32.2. The number of hydrogen-bond donors (Lipinski definition) is 2. The highest BCUT2D eigenvalue weighted by molar-refractivity contribution is 7.99. The molecule has 9 heteroatoms. The molecule has 0 unspecified atom stereocenters. The summed E-state index contributed by atoms with van der Waals surface area (Å²) in [5.74, 6) is -0.294. The van der Waals surface area contributed by atoms with Crippen LogP contribution in [-0.2, 0) is 21.1 Å². The average Bonchev–Trinajstić information content (AvgIpc) is 2.74. The summed E-state index contributed by atoms with van der Waals surface area (Å²) in [7, 11) is -3.84. The van der Waals surface area contributed by atoms with Crippen LogP contribution in [0.15, 0.2) is 63.6 Å². The average molecular weight is 457 g/mol. The first-order chi connectivity index (χ1) is 14.7. The zero-order chi connectivity index (χ0) is 22.6. The fourth-order valence-corrected chi connectivity index (χ4v) is 4.82. The van der Waals surface area contributed by atoms with Crippen molar-refractivity contribution in [2.24, 2.45) is 0 Å². The molecule has 162 valence electrons. The molecule has 3 N–H and O–H groups in total. The van der Waals surface area contributed by atoms with E-state index < -0.39 is 9.84 Å². The molecule has 0 aliphatic heterocycles. The van der Waals surface area contributed by atoms with E-state index in [9.17, 15) is 13.2 Å². The largest absolute Gasteiger partial charge is 0.382 e. The number of aromatic nitrogens is 2. The Bertz CT molecular complexity index is 1230. The molecule has 0 fully saturated rings. The maximum Gasteiger partial charge on any atom is 0.234 e. The Balaban J connectivity index is 1.70. The van der Waals surface area contributed by atoms with E-state index in [1.165, 1.54) is 12.3 Å². The number of sulfone groups is 1. The Morgan fingerprint density at radius 3 is 2.58 bits per heavy atom. The number of nitrogens with two attached hydrogens (primary N) is 1. The lowest BCUT2D eigenvalue weighted by atomic mass is 10.1. The second kappa shape index (κ2) is 9.49. The molecule has 3 rings (SSSR count). The number of thioether (sulfide) groups is 1. The van der Waals surface area contributed by atoms with Gasteiger partial charge in [0.25, 0.3) is 0 Å². The predicted molar refractivity (Wildman–Crippen MR) is 123 cm³/mol. The number of nitrogen functional groups attached to an aromatic ring is 1. The summed E-state index contributed by atoms with van der Waals surface area (Å²) in [5, 5.41) is 3.06. The van der Waals surface area contributed by atoms with E-state index in [4.69, 9.17) is 5.73 Å². The van der Waals surface area contributed by atoms with Crippen molar-refractivity contribution >= 4 is 39.0 Å². The molecule has 0 aliphatic rings. The van der Waals surface area contributed by atoms with E-state index in [-0.39, 0.29) is 32.4 Å². The van der Waals surface area contributed by atoms with Gasteiger partial charge in [0.15, 0.2) is 5.16 Å². The second-order valence-corrected chi connectivity index (χ2v) is 9.90. The minimum absolute atomic E-state index is 0.0685. The third-order valence-corrected chi connectivity index (χ3v) is 7.42. The van der Waals surface area contributed by atoms with Crippen LogP contribution in [0.3, 0.4) is 0 Å². The molecule has 0 saturated carbocycles. The molecule has 1 heterocycles. The van der Waals surface area contributed by atoms with E-state index >= 15 is 0 Å². The van der Waals surface area contributed by atoms with Crippen LogP contribution in [0.1, 0.15) is 23.6 Å². The van der Waals surface area contributed by atoms with Gasteiger partial charge in [-0.3, -0.25) is 4.79 Å². The van der Waals surface area contributed by atoms with Crippen LogP contribution < -0.4 is 11.1 Å². The van der Waals surface area contributed by atoms with Crippen molar-refractivity contribution in [2.75, 3.05) is 16.8 Å². The SMILES string of the molecule is CCc1cccc(NC(=O)CSc2ncc(S(=O)(=O)c3ccc(C)c(C)c3)c(N)n2)c1. The summed E-state index contributed by atoms with van der Waals surface area (Å²) in [4.78, 5) is 20.4. The lowest BCUT2D eigenvalue weighted by Crippen LogP contribution is -2.15. The molecule has 0 radical (unpaired) electrons. The van der Waals surface area contributed by atoms with Crippen molar-refractivity contribution < 1.29 is 13.2 Å². The normalized spacial score (nSPS) is 11.3. The van der Waals surface area contributed by atoms with Crippen LogP contribution in [0.4, 0.5) is 11.5 Å². The first-order valence-electron chi connectivity index (χ1n) is 9.67. The first-order valence-corrected chi connectivity index (χ1v) is 12.1. The Hall–Kier alpha value is -2.91. The maximum absolute atomic E-state index is 12.9. The molecule has 0 saturated heterocycles. The number of nitrogens with zero attached hydrogens (tertiary/aromatic N) is 2. The zero-order valence-electron chi connectivity index (χ0n) is 17.5. The summed E-state index contributed by atoms with van der Waals surface area (Å²) < 4.78 is 25.8. The highest BCUT2D eigenvalue weighted by Crippen LogP contribution is 2.27. The maximum atomic E-state index is 12.9. The van der Waals surface area contributed by atoms with Crippen LogP contribution in [0.25, 0.3) is 0 Å². The monoisotopic (exact) mass is 456 g/mol. The van der Waals surface area contributed by atoms with Crippen molar-refractivity contribution in [3.8, 4) is 0 Å². The van der Waals surface area contributed by atoms with Crippen molar-refractivity contribution in [3.63, 3.8) is 0 Å². The van der Waals surface area contributed by atoms with Gasteiger partial charge in [0.1, 0.15) is 10.7 Å². The van der Waals surface area contributed by atoms with Crippen molar-refractivity contribution in [3.05, 3.63) is 65.4 Å². The second-order valence-electron chi connectivity index (χ2n) is 7.04. The van der Waals surface area contributed by atoms with Gasteiger partial charge in [-0.25, -0.2) is 18.4 Å². The van der Waals surface area contributed by atoms with Gasteiger partial charge in [-0.15, -0.1) is 0 Å². The predicted octanol–water partition coefficient (Wildman–Crippen LogP) is 3.80. The topological polar surface area (TPSA) is 115 Å². The number of amides is 1. The minimum atomic E-state index is -3.84. The fourth-order valence-electron chi connectivity index (χ4n) is 2.85. The summed E-state index contributed by atoms with van der Waals surface area (Å²) in [5.41, 5.74) is 9.64. The van der Waals surface area contributed by atoms with Crippen molar-refractivity contribution in [2.45, 2.75) is 42.1 Å². The van der Waals surface area contributed by atoms with Gasteiger partial charge in [-0.2, -0.15) is 0 Å². The minimum Gasteiger partial charge on any atom is -0.382 e. The van der Waals surface area contributed by atoms with Gasteiger partial charge in [-0.1, -0.05) is 36.9 Å². The van der Waals surface area contributed by atoms with Gasteiger partial charge >= 0.3 is 0 Å². The van der Waals surface area contributed by atoms with E-state index in [0.717, 1.165) is 40.6 Å². The number of benzene rings is 2. The fraction of sp³-hybridized carbons (Fsp3) is 0.227. The molecular formula is C22H24N4O3S2. The Morgan fingerprint density at radius 2 is 1.90 bits per heavy atom. The summed E-state index contributed by atoms with van der Waals surface area (Å²) in [6.45, 7) is 5.80. The summed E-state index contributed by atoms with van der Waals surface area (Å²) in [6, 6.07) is 12.5. The number of rotatable bonds is 7. The highest BCUT2D eigenvalue weighted by Gasteiger charge is 2.23.